The van der Waals surface area contributed by atoms with Crippen molar-refractivity contribution >= 4 is 11.7 Å². The van der Waals surface area contributed by atoms with Gasteiger partial charge >= 0.3 is 0 Å². The second kappa shape index (κ2) is 8.89. The van der Waals surface area contributed by atoms with Crippen molar-refractivity contribution in [3.8, 4) is 0 Å². The van der Waals surface area contributed by atoms with Crippen LogP contribution in [0.2, 0.25) is 0 Å². The number of carbonyl (C=O) groups is 2. The molecular formula is C20H23NO2. The van der Waals surface area contributed by atoms with E-state index in [1.54, 1.807) is 4.90 Å². The van der Waals surface area contributed by atoms with Crippen LogP contribution in [0.15, 0.2) is 60.7 Å². The molecule has 3 nitrogen and oxygen atoms in total. The molecule has 2 aromatic carbocycles. The first-order chi connectivity index (χ1) is 11.1. The second-order valence-electron chi connectivity index (χ2n) is 5.73. The molecule has 0 saturated heterocycles. The van der Waals surface area contributed by atoms with Crippen LogP contribution in [-0.4, -0.2) is 29.7 Å². The van der Waals surface area contributed by atoms with E-state index in [-0.39, 0.29) is 18.1 Å². The smallest absolute Gasteiger partial charge is 0.230 e. The van der Waals surface area contributed by atoms with Gasteiger partial charge in [-0.15, -0.1) is 0 Å². The quantitative estimate of drug-likeness (QED) is 0.702. The van der Waals surface area contributed by atoms with Gasteiger partial charge in [0, 0.05) is 13.1 Å². The Balaban J connectivity index is 1.96. The number of amides is 1. The van der Waals surface area contributed by atoms with Gasteiger partial charge in [0.25, 0.3) is 0 Å². The molecule has 2 aromatic rings. The molecule has 3 heteroatoms. The van der Waals surface area contributed by atoms with E-state index in [9.17, 15) is 9.59 Å². The van der Waals surface area contributed by atoms with Crippen LogP contribution in [0, 0.1) is 0 Å². The molecule has 0 aromatic heterocycles. The molecule has 0 radical (unpaired) electrons. The van der Waals surface area contributed by atoms with Crippen LogP contribution in [0.1, 0.15) is 24.5 Å². The zero-order chi connectivity index (χ0) is 16.5. The molecule has 23 heavy (non-hydrogen) atoms. The number of hydrogen-bond acceptors (Lipinski definition) is 2. The SMILES string of the molecule is CC(=O)CC(=O)N(CCc1ccccc1)CCc1ccccc1. The first kappa shape index (κ1) is 16.9. The molecule has 0 aliphatic carbocycles. The normalized spacial score (nSPS) is 10.3. The van der Waals surface area contributed by atoms with Gasteiger partial charge in [-0.3, -0.25) is 9.59 Å². The highest BCUT2D eigenvalue weighted by molar-refractivity contribution is 5.96. The number of ketones is 1. The Hall–Kier alpha value is -2.42. The lowest BCUT2D eigenvalue weighted by atomic mass is 10.1. The minimum Gasteiger partial charge on any atom is -0.342 e. The lowest BCUT2D eigenvalue weighted by Gasteiger charge is -2.22. The summed E-state index contributed by atoms with van der Waals surface area (Å²) in [5, 5.41) is 0. The predicted octanol–water partition coefficient (Wildman–Crippen LogP) is 3.28. The molecule has 0 unspecified atom stereocenters. The van der Waals surface area contributed by atoms with Crippen LogP contribution in [0.5, 0.6) is 0 Å². The molecule has 0 N–H and O–H groups in total. The summed E-state index contributed by atoms with van der Waals surface area (Å²) in [4.78, 5) is 25.4. The Morgan fingerprint density at radius 2 is 1.22 bits per heavy atom. The van der Waals surface area contributed by atoms with Crippen LogP contribution in [0.25, 0.3) is 0 Å². The summed E-state index contributed by atoms with van der Waals surface area (Å²) in [6.07, 6.45) is 1.60. The van der Waals surface area contributed by atoms with Crippen molar-refractivity contribution in [3.63, 3.8) is 0 Å². The molecule has 2 rings (SSSR count). The summed E-state index contributed by atoms with van der Waals surface area (Å²) >= 11 is 0. The van der Waals surface area contributed by atoms with Crippen LogP contribution in [-0.2, 0) is 22.4 Å². The highest BCUT2D eigenvalue weighted by Crippen LogP contribution is 2.06. The molecule has 0 heterocycles. The molecule has 0 fully saturated rings. The Morgan fingerprint density at radius 1 is 0.783 bits per heavy atom. The van der Waals surface area contributed by atoms with E-state index in [1.807, 2.05) is 36.4 Å². The zero-order valence-corrected chi connectivity index (χ0v) is 13.6. The fourth-order valence-corrected chi connectivity index (χ4v) is 2.50. The van der Waals surface area contributed by atoms with Gasteiger partial charge in [0.1, 0.15) is 5.78 Å². The first-order valence-electron chi connectivity index (χ1n) is 8.00. The maximum Gasteiger partial charge on any atom is 0.230 e. The van der Waals surface area contributed by atoms with E-state index in [2.05, 4.69) is 24.3 Å². The van der Waals surface area contributed by atoms with E-state index < -0.39 is 0 Å². The molecule has 0 atom stereocenters. The Labute approximate surface area is 137 Å². The minimum absolute atomic E-state index is 0.0103. The summed E-state index contributed by atoms with van der Waals surface area (Å²) in [5.41, 5.74) is 2.40. The third-order valence-corrected chi connectivity index (χ3v) is 3.78. The van der Waals surface area contributed by atoms with Crippen LogP contribution < -0.4 is 0 Å². The maximum absolute atomic E-state index is 12.3. The van der Waals surface area contributed by atoms with E-state index in [0.717, 1.165) is 12.8 Å². The van der Waals surface area contributed by atoms with Crippen molar-refractivity contribution in [2.75, 3.05) is 13.1 Å². The van der Waals surface area contributed by atoms with Crippen molar-refractivity contribution in [3.05, 3.63) is 71.8 Å². The van der Waals surface area contributed by atoms with Crippen molar-refractivity contribution in [2.24, 2.45) is 0 Å². The summed E-state index contributed by atoms with van der Waals surface area (Å²) in [7, 11) is 0. The predicted molar refractivity (Wildman–Crippen MR) is 92.2 cm³/mol. The van der Waals surface area contributed by atoms with Gasteiger partial charge in [0.15, 0.2) is 0 Å². The Bertz CT molecular complexity index is 579. The van der Waals surface area contributed by atoms with Crippen LogP contribution in [0.3, 0.4) is 0 Å². The average Bonchev–Trinajstić information content (AvgIpc) is 2.56. The number of carbonyl (C=O) groups excluding carboxylic acids is 2. The molecule has 0 aliphatic rings. The number of benzene rings is 2. The first-order valence-corrected chi connectivity index (χ1v) is 8.00. The van der Waals surface area contributed by atoms with Gasteiger partial charge in [-0.2, -0.15) is 0 Å². The van der Waals surface area contributed by atoms with E-state index >= 15 is 0 Å². The number of rotatable bonds is 8. The number of nitrogens with zero attached hydrogens (tertiary/aromatic N) is 1. The number of hydrogen-bond donors (Lipinski definition) is 0. The van der Waals surface area contributed by atoms with Gasteiger partial charge in [-0.05, 0) is 30.9 Å². The average molecular weight is 309 g/mol. The van der Waals surface area contributed by atoms with E-state index in [1.165, 1.54) is 18.1 Å². The zero-order valence-electron chi connectivity index (χ0n) is 13.6. The van der Waals surface area contributed by atoms with Crippen molar-refractivity contribution in [1.29, 1.82) is 0 Å². The molecule has 120 valence electrons. The minimum atomic E-state index is -0.0839. The fourth-order valence-electron chi connectivity index (χ4n) is 2.50. The summed E-state index contributed by atoms with van der Waals surface area (Å²) in [5.74, 6) is -0.163. The molecule has 0 spiro atoms. The molecule has 0 aliphatic heterocycles. The van der Waals surface area contributed by atoms with Crippen molar-refractivity contribution in [1.82, 2.24) is 4.90 Å². The van der Waals surface area contributed by atoms with Gasteiger partial charge in [0.05, 0.1) is 6.42 Å². The second-order valence-corrected chi connectivity index (χ2v) is 5.73. The lowest BCUT2D eigenvalue weighted by Crippen LogP contribution is -2.35. The summed E-state index contributed by atoms with van der Waals surface area (Å²) in [6, 6.07) is 20.2. The molecular weight excluding hydrogens is 286 g/mol. The highest BCUT2D eigenvalue weighted by atomic mass is 16.2. The molecule has 1 amide bonds. The summed E-state index contributed by atoms with van der Waals surface area (Å²) in [6.45, 7) is 2.75. The maximum atomic E-state index is 12.3. The van der Waals surface area contributed by atoms with Gasteiger partial charge in [0.2, 0.25) is 5.91 Å². The van der Waals surface area contributed by atoms with E-state index in [4.69, 9.17) is 0 Å². The molecule has 0 saturated carbocycles. The highest BCUT2D eigenvalue weighted by Gasteiger charge is 2.15. The van der Waals surface area contributed by atoms with E-state index in [0.29, 0.717) is 13.1 Å². The lowest BCUT2D eigenvalue weighted by molar-refractivity contribution is -0.134. The van der Waals surface area contributed by atoms with Crippen LogP contribution in [0.4, 0.5) is 0 Å². The number of Topliss-reactive ketones (excluding diaryl/α,β-unsaturated/α-hetero) is 1. The standard InChI is InChI=1S/C20H23NO2/c1-17(22)16-20(23)21(14-12-18-8-4-2-5-9-18)15-13-19-10-6-3-7-11-19/h2-11H,12-16H2,1H3. The largest absolute Gasteiger partial charge is 0.342 e. The van der Waals surface area contributed by atoms with Gasteiger partial charge in [-0.25, -0.2) is 0 Å². The monoisotopic (exact) mass is 309 g/mol. The van der Waals surface area contributed by atoms with Crippen LogP contribution >= 0.6 is 0 Å². The third-order valence-electron chi connectivity index (χ3n) is 3.78. The van der Waals surface area contributed by atoms with Crippen molar-refractivity contribution < 1.29 is 9.59 Å². The molecule has 0 bridgehead atoms. The fraction of sp³-hybridized carbons (Fsp3) is 0.300. The third kappa shape index (κ3) is 6.07. The van der Waals surface area contributed by atoms with Gasteiger partial charge < -0.3 is 4.90 Å². The topological polar surface area (TPSA) is 37.4 Å². The summed E-state index contributed by atoms with van der Waals surface area (Å²) < 4.78 is 0. The van der Waals surface area contributed by atoms with Gasteiger partial charge in [-0.1, -0.05) is 60.7 Å². The Morgan fingerprint density at radius 3 is 1.61 bits per heavy atom. The van der Waals surface area contributed by atoms with Crippen molar-refractivity contribution in [2.45, 2.75) is 26.2 Å². The Kier molecular flexibility index (Phi) is 6.55.